The summed E-state index contributed by atoms with van der Waals surface area (Å²) in [5.74, 6) is 0.0492. The third kappa shape index (κ3) is 2.94. The molecular formula is C17H15N3O2S. The number of benzene rings is 1. The molecule has 23 heavy (non-hydrogen) atoms. The first-order valence-corrected chi connectivity index (χ1v) is 8.28. The highest BCUT2D eigenvalue weighted by Crippen LogP contribution is 2.50. The first kappa shape index (κ1) is 14.3. The van der Waals surface area contributed by atoms with E-state index in [9.17, 15) is 4.79 Å². The Kier molecular flexibility index (Phi) is 3.53. The van der Waals surface area contributed by atoms with E-state index < -0.39 is 4.75 Å². The van der Waals surface area contributed by atoms with Gasteiger partial charge in [0.05, 0.1) is 18.2 Å². The summed E-state index contributed by atoms with van der Waals surface area (Å²) in [5.41, 5.74) is 2.66. The van der Waals surface area contributed by atoms with Crippen molar-refractivity contribution in [1.82, 2.24) is 0 Å². The normalized spacial score (nSPS) is 18.3. The van der Waals surface area contributed by atoms with Crippen LogP contribution in [0.25, 0.3) is 0 Å². The smallest absolute Gasteiger partial charge is 0.241 e. The zero-order chi connectivity index (χ0) is 15.7. The number of amides is 1. The van der Waals surface area contributed by atoms with Gasteiger partial charge in [0.25, 0.3) is 0 Å². The summed E-state index contributed by atoms with van der Waals surface area (Å²) in [6, 6.07) is 11.4. The summed E-state index contributed by atoms with van der Waals surface area (Å²) in [6.45, 7) is 0. The lowest BCUT2D eigenvalue weighted by atomic mass is 10.2. The second-order valence-corrected chi connectivity index (χ2v) is 7.10. The number of nitrogens with zero attached hydrogens (tertiary/aromatic N) is 2. The van der Waals surface area contributed by atoms with Gasteiger partial charge in [0.1, 0.15) is 9.79 Å². The maximum atomic E-state index is 12.6. The molecule has 1 N–H and O–H groups in total. The summed E-state index contributed by atoms with van der Waals surface area (Å²) < 4.78 is 4.68. The highest BCUT2D eigenvalue weighted by atomic mass is 32.2. The maximum Gasteiger partial charge on any atom is 0.241 e. The van der Waals surface area contributed by atoms with Crippen LogP contribution in [0.4, 0.5) is 5.69 Å². The molecule has 2 aliphatic rings. The van der Waals surface area contributed by atoms with Crippen molar-refractivity contribution in [1.29, 1.82) is 0 Å². The second-order valence-electron chi connectivity index (χ2n) is 5.65. The lowest BCUT2D eigenvalue weighted by Gasteiger charge is -2.14. The van der Waals surface area contributed by atoms with Gasteiger partial charge in [-0.1, -0.05) is 30.0 Å². The molecular weight excluding hydrogens is 310 g/mol. The molecule has 5 nitrogen and oxygen atoms in total. The van der Waals surface area contributed by atoms with Gasteiger partial charge < -0.3 is 9.73 Å². The fraction of sp³-hybridized carbons (Fsp3) is 0.235. The van der Waals surface area contributed by atoms with E-state index in [4.69, 9.17) is 4.42 Å². The van der Waals surface area contributed by atoms with Crippen LogP contribution in [-0.4, -0.2) is 21.4 Å². The van der Waals surface area contributed by atoms with Crippen molar-refractivity contribution in [2.45, 2.75) is 24.0 Å². The highest BCUT2D eigenvalue weighted by molar-refractivity contribution is 8.16. The van der Waals surface area contributed by atoms with Crippen molar-refractivity contribution in [3.05, 3.63) is 54.5 Å². The molecule has 1 aromatic heterocycles. The van der Waals surface area contributed by atoms with Crippen LogP contribution in [0.1, 0.15) is 24.8 Å². The van der Waals surface area contributed by atoms with E-state index in [1.165, 1.54) is 0 Å². The van der Waals surface area contributed by atoms with E-state index in [0.717, 1.165) is 34.8 Å². The van der Waals surface area contributed by atoms with E-state index in [1.807, 2.05) is 36.4 Å². The Morgan fingerprint density at radius 2 is 2.00 bits per heavy atom. The minimum absolute atomic E-state index is 0.0492. The van der Waals surface area contributed by atoms with Gasteiger partial charge >= 0.3 is 0 Å². The summed E-state index contributed by atoms with van der Waals surface area (Å²) in [5, 5.41) is 12.3. The molecule has 2 heterocycles. The standard InChI is InChI=1S/C17H15N3O2S/c21-16(18-13-4-2-1-3-5-13)17(7-8-17)23-15-10-14(19-20-15)12-6-9-22-11-12/h1-6,9,11H,7-8,10H2,(H,18,21). The van der Waals surface area contributed by atoms with Crippen LogP contribution in [0.5, 0.6) is 0 Å². The molecule has 0 spiro atoms. The quantitative estimate of drug-likeness (QED) is 0.932. The van der Waals surface area contributed by atoms with Gasteiger partial charge in [0.15, 0.2) is 0 Å². The molecule has 0 radical (unpaired) electrons. The van der Waals surface area contributed by atoms with Crippen molar-refractivity contribution >= 4 is 34.1 Å². The SMILES string of the molecule is O=C(Nc1ccccc1)C1(SC2=NN=C(c3ccoc3)C2)CC1. The van der Waals surface area contributed by atoms with Gasteiger partial charge in [-0.3, -0.25) is 4.79 Å². The lowest BCUT2D eigenvalue weighted by Crippen LogP contribution is -2.28. The van der Waals surface area contributed by atoms with Crippen LogP contribution in [0.2, 0.25) is 0 Å². The van der Waals surface area contributed by atoms with Gasteiger partial charge in [-0.2, -0.15) is 5.10 Å². The number of carbonyl (C=O) groups excluding carboxylic acids is 1. The number of hydrogen-bond donors (Lipinski definition) is 1. The largest absolute Gasteiger partial charge is 0.472 e. The van der Waals surface area contributed by atoms with Gasteiger partial charge in [-0.15, -0.1) is 5.10 Å². The number of rotatable bonds is 4. The fourth-order valence-electron chi connectivity index (χ4n) is 2.46. The molecule has 6 heteroatoms. The average molecular weight is 325 g/mol. The molecule has 4 rings (SSSR count). The fourth-order valence-corrected chi connectivity index (χ4v) is 3.65. The van der Waals surface area contributed by atoms with Crippen LogP contribution in [-0.2, 0) is 4.79 Å². The number of carbonyl (C=O) groups is 1. The monoisotopic (exact) mass is 325 g/mol. The predicted octanol–water partition coefficient (Wildman–Crippen LogP) is 3.69. The van der Waals surface area contributed by atoms with Gasteiger partial charge in [0, 0.05) is 17.7 Å². The Morgan fingerprint density at radius 3 is 2.70 bits per heavy atom. The lowest BCUT2D eigenvalue weighted by molar-refractivity contribution is -0.116. The van der Waals surface area contributed by atoms with Crippen molar-refractivity contribution in [3.63, 3.8) is 0 Å². The molecule has 0 atom stereocenters. The third-order valence-corrected chi connectivity index (χ3v) is 5.36. The second kappa shape index (κ2) is 5.70. The molecule has 1 aliphatic heterocycles. The Bertz CT molecular complexity index is 777. The number of para-hydroxylation sites is 1. The molecule has 1 amide bonds. The zero-order valence-electron chi connectivity index (χ0n) is 12.4. The summed E-state index contributed by atoms with van der Waals surface area (Å²) in [4.78, 5) is 12.6. The minimum atomic E-state index is -0.393. The number of thioether (sulfide) groups is 1. The Hall–Kier alpha value is -2.34. The minimum Gasteiger partial charge on any atom is -0.472 e. The van der Waals surface area contributed by atoms with E-state index in [2.05, 4.69) is 15.5 Å². The van der Waals surface area contributed by atoms with Crippen LogP contribution in [0.3, 0.4) is 0 Å². The molecule has 0 unspecified atom stereocenters. The van der Waals surface area contributed by atoms with E-state index in [0.29, 0.717) is 6.42 Å². The molecule has 1 aromatic carbocycles. The molecule has 0 saturated heterocycles. The molecule has 1 aliphatic carbocycles. The predicted molar refractivity (Wildman–Crippen MR) is 91.9 cm³/mol. The molecule has 1 saturated carbocycles. The Labute approximate surface area is 137 Å². The molecule has 2 aromatic rings. The van der Waals surface area contributed by atoms with Crippen molar-refractivity contribution < 1.29 is 9.21 Å². The van der Waals surface area contributed by atoms with Crippen molar-refractivity contribution in [2.75, 3.05) is 5.32 Å². The van der Waals surface area contributed by atoms with E-state index >= 15 is 0 Å². The van der Waals surface area contributed by atoms with Crippen LogP contribution < -0.4 is 5.32 Å². The Morgan fingerprint density at radius 1 is 1.17 bits per heavy atom. The summed E-state index contributed by atoms with van der Waals surface area (Å²) in [7, 11) is 0. The van der Waals surface area contributed by atoms with Crippen molar-refractivity contribution in [2.24, 2.45) is 10.2 Å². The zero-order valence-corrected chi connectivity index (χ0v) is 13.2. The highest BCUT2D eigenvalue weighted by Gasteiger charge is 2.52. The first-order chi connectivity index (χ1) is 11.3. The maximum absolute atomic E-state index is 12.6. The van der Waals surface area contributed by atoms with Crippen molar-refractivity contribution in [3.8, 4) is 0 Å². The first-order valence-electron chi connectivity index (χ1n) is 7.47. The number of anilines is 1. The van der Waals surface area contributed by atoms with Gasteiger partial charge in [-0.05, 0) is 31.0 Å². The molecule has 116 valence electrons. The number of hydrogen-bond acceptors (Lipinski definition) is 5. The third-order valence-electron chi connectivity index (χ3n) is 3.92. The molecule has 1 fully saturated rings. The van der Waals surface area contributed by atoms with Gasteiger partial charge in [-0.25, -0.2) is 0 Å². The number of nitrogens with one attached hydrogen (secondary N) is 1. The van der Waals surface area contributed by atoms with Crippen LogP contribution >= 0.6 is 11.8 Å². The van der Waals surface area contributed by atoms with E-state index in [1.54, 1.807) is 24.3 Å². The number of furan rings is 1. The van der Waals surface area contributed by atoms with Crippen LogP contribution in [0.15, 0.2) is 63.5 Å². The average Bonchev–Trinajstić information content (AvgIpc) is 2.98. The Balaban J connectivity index is 1.39. The van der Waals surface area contributed by atoms with Crippen LogP contribution in [0, 0.1) is 0 Å². The van der Waals surface area contributed by atoms with Gasteiger partial charge in [0.2, 0.25) is 5.91 Å². The van der Waals surface area contributed by atoms with E-state index in [-0.39, 0.29) is 5.91 Å². The topological polar surface area (TPSA) is 67.0 Å². The summed E-state index contributed by atoms with van der Waals surface area (Å²) in [6.07, 6.45) is 5.69. The summed E-state index contributed by atoms with van der Waals surface area (Å²) >= 11 is 1.54. The molecule has 0 bridgehead atoms.